The number of fused-ring (bicyclic) bond motifs is 1. The lowest BCUT2D eigenvalue weighted by molar-refractivity contribution is 0.448. The molecule has 4 nitrogen and oxygen atoms in total. The monoisotopic (exact) mass is 276 g/mol. The molecule has 2 aromatic heterocycles. The van der Waals surface area contributed by atoms with Crippen LogP contribution in [0.25, 0.3) is 11.2 Å². The van der Waals surface area contributed by atoms with E-state index < -0.39 is 0 Å². The normalized spacial score (nSPS) is 19.8. The summed E-state index contributed by atoms with van der Waals surface area (Å²) in [5.74, 6) is 1.71. The van der Waals surface area contributed by atoms with Gasteiger partial charge < -0.3 is 4.90 Å². The quantitative estimate of drug-likeness (QED) is 0.808. The molecule has 19 heavy (non-hydrogen) atoms. The SMILES string of the molecule is ClCCC1CCCCN1c1ccc2nccnc2n1. The molecule has 0 aliphatic carbocycles. The van der Waals surface area contributed by atoms with E-state index >= 15 is 0 Å². The van der Waals surface area contributed by atoms with Crippen LogP contribution in [0.1, 0.15) is 25.7 Å². The van der Waals surface area contributed by atoms with Gasteiger partial charge in [-0.2, -0.15) is 0 Å². The summed E-state index contributed by atoms with van der Waals surface area (Å²) in [4.78, 5) is 15.6. The Kier molecular flexibility index (Phi) is 3.78. The van der Waals surface area contributed by atoms with Gasteiger partial charge in [0.2, 0.25) is 0 Å². The standard InChI is InChI=1S/C14H17ClN4/c15-7-6-11-3-1-2-10-19(11)13-5-4-12-14(18-13)17-9-8-16-12/h4-5,8-9,11H,1-3,6-7,10H2. The minimum absolute atomic E-state index is 0.507. The van der Waals surface area contributed by atoms with Gasteiger partial charge in [-0.3, -0.25) is 4.98 Å². The Bertz CT molecular complexity index is 558. The van der Waals surface area contributed by atoms with Gasteiger partial charge in [0.1, 0.15) is 11.3 Å². The molecule has 0 aromatic carbocycles. The van der Waals surface area contributed by atoms with E-state index in [0.29, 0.717) is 11.9 Å². The summed E-state index contributed by atoms with van der Waals surface area (Å²) < 4.78 is 0. The predicted octanol–water partition coefficient (Wildman–Crippen LogP) is 3.01. The first-order chi connectivity index (χ1) is 9.38. The van der Waals surface area contributed by atoms with Gasteiger partial charge in [-0.15, -0.1) is 11.6 Å². The molecule has 3 heterocycles. The zero-order chi connectivity index (χ0) is 13.1. The first-order valence-corrected chi connectivity index (χ1v) is 7.32. The molecule has 0 radical (unpaired) electrons. The Morgan fingerprint density at radius 3 is 3.00 bits per heavy atom. The van der Waals surface area contributed by atoms with Gasteiger partial charge in [-0.1, -0.05) is 0 Å². The number of hydrogen-bond donors (Lipinski definition) is 0. The van der Waals surface area contributed by atoms with Crippen LogP contribution in [-0.2, 0) is 0 Å². The average Bonchev–Trinajstić information content (AvgIpc) is 2.48. The lowest BCUT2D eigenvalue weighted by atomic mass is 10.00. The lowest BCUT2D eigenvalue weighted by Gasteiger charge is -2.36. The van der Waals surface area contributed by atoms with Crippen LogP contribution in [0.4, 0.5) is 5.82 Å². The molecular formula is C14H17ClN4. The van der Waals surface area contributed by atoms with E-state index in [0.717, 1.165) is 29.9 Å². The summed E-state index contributed by atoms with van der Waals surface area (Å²) in [6.45, 7) is 1.06. The van der Waals surface area contributed by atoms with E-state index in [1.807, 2.05) is 12.1 Å². The van der Waals surface area contributed by atoms with Crippen LogP contribution in [-0.4, -0.2) is 33.4 Å². The average molecular weight is 277 g/mol. The number of hydrogen-bond acceptors (Lipinski definition) is 4. The Balaban J connectivity index is 1.92. The van der Waals surface area contributed by atoms with E-state index in [9.17, 15) is 0 Å². The molecule has 0 spiro atoms. The fraction of sp³-hybridized carbons (Fsp3) is 0.500. The highest BCUT2D eigenvalue weighted by Crippen LogP contribution is 2.26. The van der Waals surface area contributed by atoms with Crippen molar-refractivity contribution in [2.45, 2.75) is 31.7 Å². The molecule has 1 saturated heterocycles. The zero-order valence-electron chi connectivity index (χ0n) is 10.8. The molecule has 0 N–H and O–H groups in total. The number of rotatable bonds is 3. The number of halogens is 1. The van der Waals surface area contributed by atoms with E-state index in [4.69, 9.17) is 11.6 Å². The largest absolute Gasteiger partial charge is 0.354 e. The maximum atomic E-state index is 5.91. The van der Waals surface area contributed by atoms with Crippen LogP contribution < -0.4 is 4.90 Å². The fourth-order valence-electron chi connectivity index (χ4n) is 2.73. The molecule has 100 valence electrons. The number of alkyl halides is 1. The molecule has 1 unspecified atom stereocenters. The molecule has 0 bridgehead atoms. The van der Waals surface area contributed by atoms with Crippen molar-refractivity contribution >= 4 is 28.6 Å². The molecule has 2 aromatic rings. The maximum absolute atomic E-state index is 5.91. The third kappa shape index (κ3) is 2.63. The number of piperidine rings is 1. The second-order valence-electron chi connectivity index (χ2n) is 4.89. The van der Waals surface area contributed by atoms with E-state index in [1.54, 1.807) is 12.4 Å². The van der Waals surface area contributed by atoms with Crippen molar-refractivity contribution in [3.63, 3.8) is 0 Å². The van der Waals surface area contributed by atoms with Gasteiger partial charge >= 0.3 is 0 Å². The summed E-state index contributed by atoms with van der Waals surface area (Å²) >= 11 is 5.91. The first kappa shape index (κ1) is 12.6. The van der Waals surface area contributed by atoms with E-state index in [1.165, 1.54) is 19.3 Å². The third-order valence-electron chi connectivity index (χ3n) is 3.68. The number of nitrogens with zero attached hydrogens (tertiary/aromatic N) is 4. The smallest absolute Gasteiger partial charge is 0.180 e. The fourth-order valence-corrected chi connectivity index (χ4v) is 2.98. The summed E-state index contributed by atoms with van der Waals surface area (Å²) in [5.41, 5.74) is 1.56. The molecule has 1 fully saturated rings. The molecular weight excluding hydrogens is 260 g/mol. The summed E-state index contributed by atoms with van der Waals surface area (Å²) in [7, 11) is 0. The molecule has 0 saturated carbocycles. The van der Waals surface area contributed by atoms with Crippen LogP contribution in [0, 0.1) is 0 Å². The summed E-state index contributed by atoms with van der Waals surface area (Å²) in [6.07, 6.45) is 8.10. The van der Waals surface area contributed by atoms with Crippen LogP contribution in [0.5, 0.6) is 0 Å². The van der Waals surface area contributed by atoms with Gasteiger partial charge in [0, 0.05) is 30.9 Å². The number of anilines is 1. The minimum atomic E-state index is 0.507. The predicted molar refractivity (Wildman–Crippen MR) is 77.7 cm³/mol. The van der Waals surface area contributed by atoms with Crippen molar-refractivity contribution in [3.05, 3.63) is 24.5 Å². The van der Waals surface area contributed by atoms with Gasteiger partial charge in [0.15, 0.2) is 5.65 Å². The number of aromatic nitrogens is 3. The highest BCUT2D eigenvalue weighted by atomic mass is 35.5. The van der Waals surface area contributed by atoms with Crippen molar-refractivity contribution in [1.82, 2.24) is 15.0 Å². The Morgan fingerprint density at radius 2 is 2.11 bits per heavy atom. The second-order valence-corrected chi connectivity index (χ2v) is 5.27. The highest BCUT2D eigenvalue weighted by Gasteiger charge is 2.23. The molecule has 1 aliphatic heterocycles. The highest BCUT2D eigenvalue weighted by molar-refractivity contribution is 6.17. The van der Waals surface area contributed by atoms with E-state index in [-0.39, 0.29) is 0 Å². The Labute approximate surface area is 117 Å². The number of pyridine rings is 1. The van der Waals surface area contributed by atoms with Crippen LogP contribution in [0.2, 0.25) is 0 Å². The molecule has 1 atom stereocenters. The van der Waals surface area contributed by atoms with Crippen molar-refractivity contribution < 1.29 is 0 Å². The van der Waals surface area contributed by atoms with Crippen molar-refractivity contribution in [3.8, 4) is 0 Å². The van der Waals surface area contributed by atoms with Gasteiger partial charge in [0.25, 0.3) is 0 Å². The van der Waals surface area contributed by atoms with Crippen molar-refractivity contribution in [2.24, 2.45) is 0 Å². The van der Waals surface area contributed by atoms with Crippen LogP contribution in [0.15, 0.2) is 24.5 Å². The topological polar surface area (TPSA) is 41.9 Å². The lowest BCUT2D eigenvalue weighted by Crippen LogP contribution is -2.40. The molecule has 5 heteroatoms. The first-order valence-electron chi connectivity index (χ1n) is 6.79. The van der Waals surface area contributed by atoms with Gasteiger partial charge in [-0.05, 0) is 37.8 Å². The third-order valence-corrected chi connectivity index (χ3v) is 3.90. The van der Waals surface area contributed by atoms with Crippen LogP contribution in [0.3, 0.4) is 0 Å². The molecule has 3 rings (SSSR count). The second kappa shape index (κ2) is 5.70. The van der Waals surface area contributed by atoms with Crippen molar-refractivity contribution in [1.29, 1.82) is 0 Å². The minimum Gasteiger partial charge on any atom is -0.354 e. The van der Waals surface area contributed by atoms with Gasteiger partial charge in [0.05, 0.1) is 0 Å². The summed E-state index contributed by atoms with van der Waals surface area (Å²) in [5, 5.41) is 0. The Hall–Kier alpha value is -1.42. The zero-order valence-corrected chi connectivity index (χ0v) is 11.6. The summed E-state index contributed by atoms with van der Waals surface area (Å²) in [6, 6.07) is 4.55. The maximum Gasteiger partial charge on any atom is 0.180 e. The van der Waals surface area contributed by atoms with Crippen molar-refractivity contribution in [2.75, 3.05) is 17.3 Å². The van der Waals surface area contributed by atoms with Crippen LogP contribution >= 0.6 is 11.6 Å². The van der Waals surface area contributed by atoms with Gasteiger partial charge in [-0.25, -0.2) is 9.97 Å². The Morgan fingerprint density at radius 1 is 1.21 bits per heavy atom. The van der Waals surface area contributed by atoms with E-state index in [2.05, 4.69) is 19.9 Å². The molecule has 0 amide bonds. The molecule has 1 aliphatic rings.